The van der Waals surface area contributed by atoms with Gasteiger partial charge in [0.25, 0.3) is 0 Å². The highest BCUT2D eigenvalue weighted by atomic mass is 35.5. The average Bonchev–Trinajstić information content (AvgIpc) is 3.13. The minimum absolute atomic E-state index is 0.0834. The molecule has 0 aliphatic heterocycles. The van der Waals surface area contributed by atoms with E-state index < -0.39 is 0 Å². The number of thiazole rings is 1. The van der Waals surface area contributed by atoms with Crippen LogP contribution in [0.4, 0.5) is 4.39 Å². The Balaban J connectivity index is 1.27. The number of aromatic hydroxyl groups is 1. The number of carbonyl (C=O) groups is 1. The van der Waals surface area contributed by atoms with Crippen molar-refractivity contribution in [3.63, 3.8) is 0 Å². The highest BCUT2D eigenvalue weighted by molar-refractivity contribution is 7.16. The van der Waals surface area contributed by atoms with Gasteiger partial charge in [0.1, 0.15) is 17.1 Å². The number of hydrogen-bond donors (Lipinski definition) is 4. The number of fused-ring (bicyclic) bond motifs is 1. The van der Waals surface area contributed by atoms with Gasteiger partial charge in [0, 0.05) is 43.7 Å². The fourth-order valence-corrected chi connectivity index (χ4v) is 6.34. The lowest BCUT2D eigenvalue weighted by Gasteiger charge is -2.23. The molecule has 1 heterocycles. The van der Waals surface area contributed by atoms with Gasteiger partial charge in [0.05, 0.1) is 4.70 Å². The van der Waals surface area contributed by atoms with E-state index >= 15 is 0 Å². The maximum atomic E-state index is 13.5. The normalized spacial score (nSPS) is 14.6. The summed E-state index contributed by atoms with van der Waals surface area (Å²) in [4.78, 5) is 29.2. The summed E-state index contributed by atoms with van der Waals surface area (Å²) in [5.74, 6) is -0.167. The van der Waals surface area contributed by atoms with Crippen molar-refractivity contribution in [2.45, 2.75) is 63.8 Å². The molecule has 4 N–H and O–H groups in total. The minimum atomic E-state index is -0.349. The van der Waals surface area contributed by atoms with Gasteiger partial charge in [-0.15, -0.1) is 0 Å². The number of amides is 1. The van der Waals surface area contributed by atoms with Crippen LogP contribution in [0.15, 0.2) is 35.1 Å². The molecule has 1 aliphatic rings. The van der Waals surface area contributed by atoms with Gasteiger partial charge >= 0.3 is 4.87 Å². The van der Waals surface area contributed by atoms with Crippen LogP contribution >= 0.6 is 22.9 Å². The second-order valence-corrected chi connectivity index (χ2v) is 11.7. The van der Waals surface area contributed by atoms with Crippen LogP contribution in [-0.4, -0.2) is 59.7 Å². The first-order chi connectivity index (χ1) is 18.9. The quantitative estimate of drug-likeness (QED) is 0.170. The third-order valence-electron chi connectivity index (χ3n) is 7.40. The average molecular weight is 577 g/mol. The first kappa shape index (κ1) is 29.5. The van der Waals surface area contributed by atoms with Gasteiger partial charge in [-0.1, -0.05) is 60.8 Å². The monoisotopic (exact) mass is 576 g/mol. The summed E-state index contributed by atoms with van der Waals surface area (Å²) in [5.41, 5.74) is 2.40. The molecule has 1 saturated carbocycles. The van der Waals surface area contributed by atoms with E-state index in [9.17, 15) is 19.1 Å². The van der Waals surface area contributed by atoms with Crippen LogP contribution in [-0.2, 0) is 17.6 Å². The van der Waals surface area contributed by atoms with Crippen molar-refractivity contribution in [1.29, 1.82) is 0 Å². The molecule has 0 spiro atoms. The number of hydrogen-bond acceptors (Lipinski definition) is 6. The number of rotatable bonds is 13. The van der Waals surface area contributed by atoms with E-state index in [4.69, 9.17) is 11.6 Å². The van der Waals surface area contributed by atoms with E-state index in [0.29, 0.717) is 43.0 Å². The molecule has 39 heavy (non-hydrogen) atoms. The molecular weight excluding hydrogens is 539 g/mol. The maximum Gasteiger partial charge on any atom is 0.305 e. The number of nitrogens with zero attached hydrogens (tertiary/aromatic N) is 1. The van der Waals surface area contributed by atoms with E-state index in [-0.39, 0.29) is 28.4 Å². The predicted octanol–water partition coefficient (Wildman–Crippen LogP) is 4.99. The summed E-state index contributed by atoms with van der Waals surface area (Å²) < 4.78 is 14.3. The Kier molecular flexibility index (Phi) is 11.2. The number of benzene rings is 2. The third-order valence-corrected chi connectivity index (χ3v) is 8.71. The largest absolute Gasteiger partial charge is 0.506 e. The van der Waals surface area contributed by atoms with Crippen LogP contribution in [0, 0.1) is 5.82 Å². The number of carbonyl (C=O) groups excluding carboxylic acids is 1. The highest BCUT2D eigenvalue weighted by Crippen LogP contribution is 2.28. The fraction of sp³-hybridized carbons (Fsp3) is 0.517. The number of phenols is 1. The van der Waals surface area contributed by atoms with Crippen LogP contribution in [0.1, 0.15) is 56.1 Å². The number of phenolic OH excluding ortho intramolecular Hbond substituents is 1. The lowest BCUT2D eigenvalue weighted by atomic mass is 10.1. The second kappa shape index (κ2) is 14.8. The summed E-state index contributed by atoms with van der Waals surface area (Å²) in [5, 5.41) is 17.1. The third kappa shape index (κ3) is 9.03. The van der Waals surface area contributed by atoms with Crippen LogP contribution < -0.4 is 15.5 Å². The first-order valence-electron chi connectivity index (χ1n) is 13.9. The van der Waals surface area contributed by atoms with E-state index in [1.54, 1.807) is 12.1 Å². The van der Waals surface area contributed by atoms with Crippen LogP contribution in [0.3, 0.4) is 0 Å². The van der Waals surface area contributed by atoms with Crippen LogP contribution in [0.2, 0.25) is 5.02 Å². The van der Waals surface area contributed by atoms with Crippen molar-refractivity contribution in [3.8, 4) is 5.75 Å². The number of halogens is 2. The lowest BCUT2D eigenvalue weighted by Crippen LogP contribution is -2.39. The van der Waals surface area contributed by atoms with Crippen molar-refractivity contribution >= 4 is 39.1 Å². The fourth-order valence-electron chi connectivity index (χ4n) is 5.18. The molecule has 1 fully saturated rings. The maximum absolute atomic E-state index is 13.5. The SMILES string of the molecule is O=C(CCN(CCNCCc1ccc(O)c2[nH]c(=O)sc12)CCc1ccc(F)cc1Cl)NC1CCCCCC1. The molecule has 212 valence electrons. The number of H-pyrrole nitrogens is 1. The summed E-state index contributed by atoms with van der Waals surface area (Å²) in [6, 6.07) is 8.25. The lowest BCUT2D eigenvalue weighted by molar-refractivity contribution is -0.122. The molecule has 2 aromatic carbocycles. The Hall–Kier alpha value is -2.46. The Labute approximate surface area is 237 Å². The standard InChI is InChI=1S/C29H38ClFN4O3S/c30-24-19-22(31)9-7-20(24)12-16-35(17-13-26(37)33-23-5-3-1-2-4-6-23)18-15-32-14-11-21-8-10-25(36)27-28(21)39-29(38)34-27/h7-10,19,23,32,36H,1-6,11-18H2,(H,33,37)(H,34,38). The molecular formula is C29H38ClFN4O3S. The Morgan fingerprint density at radius 2 is 1.82 bits per heavy atom. The molecule has 0 atom stereocenters. The molecule has 1 aliphatic carbocycles. The topological polar surface area (TPSA) is 97.5 Å². The summed E-state index contributed by atoms with van der Waals surface area (Å²) in [6.45, 7) is 3.53. The Morgan fingerprint density at radius 1 is 1.05 bits per heavy atom. The molecule has 0 radical (unpaired) electrons. The van der Waals surface area contributed by atoms with Gasteiger partial charge in [0.15, 0.2) is 0 Å². The second-order valence-electron chi connectivity index (χ2n) is 10.3. The molecule has 3 aromatic rings. The zero-order valence-corrected chi connectivity index (χ0v) is 23.8. The molecule has 10 heteroatoms. The smallest absolute Gasteiger partial charge is 0.305 e. The van der Waals surface area contributed by atoms with Crippen molar-refractivity contribution in [2.75, 3.05) is 32.7 Å². The van der Waals surface area contributed by atoms with Crippen molar-refractivity contribution < 1.29 is 14.3 Å². The predicted molar refractivity (Wildman–Crippen MR) is 156 cm³/mol. The van der Waals surface area contributed by atoms with Crippen molar-refractivity contribution in [2.24, 2.45) is 0 Å². The Bertz CT molecular complexity index is 1290. The minimum Gasteiger partial charge on any atom is -0.506 e. The van der Waals surface area contributed by atoms with Gasteiger partial charge in [-0.05, 0) is 61.6 Å². The highest BCUT2D eigenvalue weighted by Gasteiger charge is 2.16. The van der Waals surface area contributed by atoms with Gasteiger partial charge in [-0.3, -0.25) is 9.59 Å². The van der Waals surface area contributed by atoms with E-state index in [0.717, 1.165) is 59.5 Å². The van der Waals surface area contributed by atoms with Gasteiger partial charge in [-0.2, -0.15) is 0 Å². The molecule has 1 amide bonds. The van der Waals surface area contributed by atoms with E-state index in [1.807, 2.05) is 6.07 Å². The van der Waals surface area contributed by atoms with Crippen LogP contribution in [0.25, 0.3) is 10.2 Å². The molecule has 1 aromatic heterocycles. The first-order valence-corrected chi connectivity index (χ1v) is 15.1. The van der Waals surface area contributed by atoms with Gasteiger partial charge in [-0.25, -0.2) is 4.39 Å². The van der Waals surface area contributed by atoms with E-state index in [1.165, 1.54) is 37.8 Å². The zero-order valence-electron chi connectivity index (χ0n) is 22.2. The van der Waals surface area contributed by atoms with Crippen molar-refractivity contribution in [3.05, 3.63) is 62.0 Å². The summed E-state index contributed by atoms with van der Waals surface area (Å²) in [6.07, 6.45) is 8.82. The number of aromatic nitrogens is 1. The Morgan fingerprint density at radius 3 is 2.59 bits per heavy atom. The van der Waals surface area contributed by atoms with Gasteiger partial charge < -0.3 is 25.6 Å². The molecule has 7 nitrogen and oxygen atoms in total. The summed E-state index contributed by atoms with van der Waals surface area (Å²) in [7, 11) is 0. The number of nitrogens with one attached hydrogen (secondary N) is 3. The molecule has 0 unspecified atom stereocenters. The van der Waals surface area contributed by atoms with Gasteiger partial charge in [0.2, 0.25) is 5.91 Å². The zero-order chi connectivity index (χ0) is 27.6. The summed E-state index contributed by atoms with van der Waals surface area (Å²) >= 11 is 7.36. The molecule has 4 rings (SSSR count). The molecule has 0 bridgehead atoms. The molecule has 0 saturated heterocycles. The van der Waals surface area contributed by atoms with Crippen molar-refractivity contribution in [1.82, 2.24) is 20.5 Å². The van der Waals surface area contributed by atoms with E-state index in [2.05, 4.69) is 20.5 Å². The number of aromatic amines is 1. The van der Waals surface area contributed by atoms with Crippen LogP contribution in [0.5, 0.6) is 5.75 Å².